The fourth-order valence-corrected chi connectivity index (χ4v) is 2.91. The summed E-state index contributed by atoms with van der Waals surface area (Å²) < 4.78 is 0. The van der Waals surface area contributed by atoms with Crippen LogP contribution in [-0.2, 0) is 0 Å². The van der Waals surface area contributed by atoms with Crippen LogP contribution >= 0.6 is 0 Å². The van der Waals surface area contributed by atoms with E-state index in [0.29, 0.717) is 0 Å². The summed E-state index contributed by atoms with van der Waals surface area (Å²) in [4.78, 5) is 22.0. The van der Waals surface area contributed by atoms with Crippen LogP contribution in [0.15, 0.2) is 61.4 Å². The third-order valence-corrected chi connectivity index (χ3v) is 4.21. The van der Waals surface area contributed by atoms with Crippen LogP contribution in [0.25, 0.3) is 11.3 Å². The normalized spacial score (nSPS) is 14.7. The Kier molecular flexibility index (Phi) is 4.02. The number of hydrogen-bond acceptors (Lipinski definition) is 6. The third-order valence-electron chi connectivity index (χ3n) is 4.21. The number of nitrogens with zero attached hydrogens (tertiary/aromatic N) is 6. The van der Waals surface area contributed by atoms with Crippen molar-refractivity contribution in [1.29, 1.82) is 0 Å². The summed E-state index contributed by atoms with van der Waals surface area (Å²) in [6.07, 6.45) is 10.9. The predicted molar refractivity (Wildman–Crippen MR) is 93.9 cm³/mol. The van der Waals surface area contributed by atoms with Crippen LogP contribution in [0.5, 0.6) is 0 Å². The van der Waals surface area contributed by atoms with E-state index in [1.807, 2.05) is 36.9 Å². The van der Waals surface area contributed by atoms with E-state index in [1.165, 1.54) is 5.69 Å². The first-order valence-electron chi connectivity index (χ1n) is 8.02. The largest absolute Gasteiger partial charge is 0.368 e. The zero-order chi connectivity index (χ0) is 16.2. The Morgan fingerprint density at radius 1 is 0.708 bits per heavy atom. The molecule has 4 rings (SSSR count). The molecule has 24 heavy (non-hydrogen) atoms. The van der Waals surface area contributed by atoms with Gasteiger partial charge >= 0.3 is 0 Å². The van der Waals surface area contributed by atoms with Gasteiger partial charge in [0.25, 0.3) is 0 Å². The Morgan fingerprint density at radius 3 is 2.25 bits per heavy atom. The number of aromatic nitrogens is 4. The molecule has 1 aliphatic heterocycles. The molecule has 120 valence electrons. The summed E-state index contributed by atoms with van der Waals surface area (Å²) >= 11 is 0. The molecule has 0 aromatic carbocycles. The first-order valence-corrected chi connectivity index (χ1v) is 8.02. The highest BCUT2D eigenvalue weighted by Gasteiger charge is 2.19. The predicted octanol–water partition coefficient (Wildman–Crippen LogP) is 2.26. The monoisotopic (exact) mass is 318 g/mol. The van der Waals surface area contributed by atoms with E-state index in [-0.39, 0.29) is 0 Å². The molecule has 6 heteroatoms. The fourth-order valence-electron chi connectivity index (χ4n) is 2.91. The van der Waals surface area contributed by atoms with Gasteiger partial charge < -0.3 is 9.80 Å². The van der Waals surface area contributed by atoms with Crippen molar-refractivity contribution < 1.29 is 0 Å². The van der Waals surface area contributed by atoms with E-state index in [4.69, 9.17) is 4.98 Å². The molecule has 0 radical (unpaired) electrons. The molecule has 1 aliphatic rings. The molecular weight excluding hydrogens is 300 g/mol. The highest BCUT2D eigenvalue weighted by Crippen LogP contribution is 2.21. The van der Waals surface area contributed by atoms with Crippen molar-refractivity contribution in [3.8, 4) is 11.3 Å². The maximum Gasteiger partial charge on any atom is 0.147 e. The van der Waals surface area contributed by atoms with E-state index < -0.39 is 0 Å². The van der Waals surface area contributed by atoms with E-state index >= 15 is 0 Å². The van der Waals surface area contributed by atoms with Crippen LogP contribution < -0.4 is 9.80 Å². The zero-order valence-electron chi connectivity index (χ0n) is 13.3. The van der Waals surface area contributed by atoms with Crippen molar-refractivity contribution in [2.75, 3.05) is 36.0 Å². The molecule has 4 heterocycles. The molecule has 0 N–H and O–H groups in total. The second-order valence-corrected chi connectivity index (χ2v) is 5.68. The molecule has 0 amide bonds. The summed E-state index contributed by atoms with van der Waals surface area (Å²) in [5.74, 6) is 0.922. The van der Waals surface area contributed by atoms with Crippen molar-refractivity contribution in [3.63, 3.8) is 0 Å². The van der Waals surface area contributed by atoms with Gasteiger partial charge in [-0.15, -0.1) is 0 Å². The van der Waals surface area contributed by atoms with Crippen LogP contribution in [0.2, 0.25) is 0 Å². The number of piperazine rings is 1. The number of rotatable bonds is 3. The van der Waals surface area contributed by atoms with Crippen LogP contribution in [0.4, 0.5) is 11.5 Å². The van der Waals surface area contributed by atoms with Crippen molar-refractivity contribution in [1.82, 2.24) is 19.9 Å². The summed E-state index contributed by atoms with van der Waals surface area (Å²) in [5.41, 5.74) is 3.07. The standard InChI is InChI=1S/C18H18N6/c1-2-15(12-20-5-1)17-13-21-14-18(22-17)24-10-8-23(9-11-24)16-3-6-19-7-4-16/h1-7,12-14H,8-11H2. The SMILES string of the molecule is c1cncc(-c2cncc(N3CCN(c4ccncc4)CC3)n2)c1. The molecule has 0 aliphatic carbocycles. The molecule has 3 aromatic heterocycles. The molecule has 0 saturated carbocycles. The zero-order valence-corrected chi connectivity index (χ0v) is 13.3. The molecule has 0 spiro atoms. The Morgan fingerprint density at radius 2 is 1.50 bits per heavy atom. The van der Waals surface area contributed by atoms with Gasteiger partial charge in [0.15, 0.2) is 0 Å². The molecule has 6 nitrogen and oxygen atoms in total. The maximum atomic E-state index is 4.76. The molecule has 1 fully saturated rings. The van der Waals surface area contributed by atoms with Crippen LogP contribution in [0.1, 0.15) is 0 Å². The summed E-state index contributed by atoms with van der Waals surface area (Å²) in [6, 6.07) is 8.02. The number of pyridine rings is 2. The van der Waals surface area contributed by atoms with Gasteiger partial charge in [0, 0.05) is 62.2 Å². The first-order chi connectivity index (χ1) is 11.9. The molecule has 3 aromatic rings. The number of anilines is 2. The van der Waals surface area contributed by atoms with Gasteiger partial charge in [0.05, 0.1) is 18.1 Å². The summed E-state index contributed by atoms with van der Waals surface area (Å²) in [7, 11) is 0. The quantitative estimate of drug-likeness (QED) is 0.738. The van der Waals surface area contributed by atoms with Crippen molar-refractivity contribution >= 4 is 11.5 Å². The third kappa shape index (κ3) is 3.03. The van der Waals surface area contributed by atoms with Crippen LogP contribution in [0.3, 0.4) is 0 Å². The van der Waals surface area contributed by atoms with Gasteiger partial charge in [-0.1, -0.05) is 0 Å². The van der Waals surface area contributed by atoms with Crippen molar-refractivity contribution in [2.24, 2.45) is 0 Å². The second-order valence-electron chi connectivity index (χ2n) is 5.68. The van der Waals surface area contributed by atoms with Gasteiger partial charge in [-0.3, -0.25) is 15.0 Å². The minimum Gasteiger partial charge on any atom is -0.368 e. The summed E-state index contributed by atoms with van der Waals surface area (Å²) in [6.45, 7) is 3.77. The first kappa shape index (κ1) is 14.6. The van der Waals surface area contributed by atoms with Crippen LogP contribution in [0, 0.1) is 0 Å². The molecular formula is C18H18N6. The Balaban J connectivity index is 1.48. The maximum absolute atomic E-state index is 4.76. The Bertz CT molecular complexity index is 785. The molecule has 1 saturated heterocycles. The average Bonchev–Trinajstić information content (AvgIpc) is 2.70. The second kappa shape index (κ2) is 6.62. The van der Waals surface area contributed by atoms with Crippen LogP contribution in [-0.4, -0.2) is 46.1 Å². The van der Waals surface area contributed by atoms with Gasteiger partial charge in [-0.05, 0) is 24.3 Å². The van der Waals surface area contributed by atoms with E-state index in [1.54, 1.807) is 12.4 Å². The lowest BCUT2D eigenvalue weighted by molar-refractivity contribution is 0.646. The average molecular weight is 318 g/mol. The molecule has 0 atom stereocenters. The summed E-state index contributed by atoms with van der Waals surface area (Å²) in [5, 5.41) is 0. The van der Waals surface area contributed by atoms with Crippen molar-refractivity contribution in [3.05, 3.63) is 61.4 Å². The molecule has 0 unspecified atom stereocenters. The lowest BCUT2D eigenvalue weighted by atomic mass is 10.2. The molecule has 0 bridgehead atoms. The van der Waals surface area contributed by atoms with E-state index in [0.717, 1.165) is 43.3 Å². The van der Waals surface area contributed by atoms with Gasteiger partial charge in [-0.25, -0.2) is 4.98 Å². The fraction of sp³-hybridized carbons (Fsp3) is 0.222. The number of hydrogen-bond donors (Lipinski definition) is 0. The minimum absolute atomic E-state index is 0.858. The van der Waals surface area contributed by atoms with Gasteiger partial charge in [-0.2, -0.15) is 0 Å². The minimum atomic E-state index is 0.858. The van der Waals surface area contributed by atoms with Gasteiger partial charge in [0.1, 0.15) is 5.82 Å². The Labute approximate surface area is 140 Å². The highest BCUT2D eigenvalue weighted by molar-refractivity contribution is 5.59. The highest BCUT2D eigenvalue weighted by atomic mass is 15.3. The van der Waals surface area contributed by atoms with E-state index in [9.17, 15) is 0 Å². The van der Waals surface area contributed by atoms with E-state index in [2.05, 4.69) is 36.9 Å². The smallest absolute Gasteiger partial charge is 0.147 e. The Hall–Kier alpha value is -3.02. The lowest BCUT2D eigenvalue weighted by Crippen LogP contribution is -2.46. The lowest BCUT2D eigenvalue weighted by Gasteiger charge is -2.36. The topological polar surface area (TPSA) is 58.0 Å². The van der Waals surface area contributed by atoms with Gasteiger partial charge in [0.2, 0.25) is 0 Å². The van der Waals surface area contributed by atoms with Crippen molar-refractivity contribution in [2.45, 2.75) is 0 Å².